The van der Waals surface area contributed by atoms with E-state index < -0.39 is 5.97 Å². The van der Waals surface area contributed by atoms with Crippen LogP contribution in [0.4, 0.5) is 0 Å². The zero-order valence-corrected chi connectivity index (χ0v) is 11.3. The fourth-order valence-electron chi connectivity index (χ4n) is 3.23. The Bertz CT molecular complexity index is 571. The maximum absolute atomic E-state index is 12.3. The molecule has 1 spiro atoms. The van der Waals surface area contributed by atoms with Crippen molar-refractivity contribution in [2.45, 2.75) is 18.3 Å². The summed E-state index contributed by atoms with van der Waals surface area (Å²) in [4.78, 5) is 24.4. The number of fused-ring (bicyclic) bond motifs is 2. The minimum absolute atomic E-state index is 0.0795. The third-order valence-corrected chi connectivity index (χ3v) is 4.35. The number of hydrogen-bond donors (Lipinski definition) is 1. The summed E-state index contributed by atoms with van der Waals surface area (Å²) in [6.07, 6.45) is 1.61. The maximum Gasteiger partial charge on any atom is 0.323 e. The van der Waals surface area contributed by atoms with Gasteiger partial charge in [-0.2, -0.15) is 0 Å². The summed E-state index contributed by atoms with van der Waals surface area (Å²) in [5, 5.41) is 8.78. The molecule has 20 heavy (non-hydrogen) atoms. The lowest BCUT2D eigenvalue weighted by atomic mass is 9.87. The van der Waals surface area contributed by atoms with Gasteiger partial charge < -0.3 is 14.7 Å². The molecule has 3 rings (SSSR count). The average molecular weight is 275 g/mol. The molecule has 1 amide bonds. The minimum Gasteiger partial charge on any atom is -0.493 e. The Balaban J connectivity index is 1.81. The van der Waals surface area contributed by atoms with Crippen LogP contribution in [0, 0.1) is 5.92 Å². The van der Waals surface area contributed by atoms with Gasteiger partial charge in [-0.15, -0.1) is 0 Å². The molecule has 1 saturated carbocycles. The molecule has 106 valence electrons. The third kappa shape index (κ3) is 1.94. The first-order valence-electron chi connectivity index (χ1n) is 6.74. The second kappa shape index (κ2) is 4.51. The second-order valence-corrected chi connectivity index (χ2v) is 5.60. The maximum atomic E-state index is 12.3. The van der Waals surface area contributed by atoms with Gasteiger partial charge in [-0.3, -0.25) is 9.59 Å². The molecule has 5 nitrogen and oxygen atoms in total. The van der Waals surface area contributed by atoms with E-state index in [0.717, 1.165) is 24.2 Å². The van der Waals surface area contributed by atoms with Gasteiger partial charge in [0.05, 0.1) is 6.61 Å². The van der Waals surface area contributed by atoms with E-state index in [4.69, 9.17) is 9.84 Å². The van der Waals surface area contributed by atoms with Crippen molar-refractivity contribution in [1.82, 2.24) is 4.90 Å². The molecule has 0 radical (unpaired) electrons. The highest BCUT2D eigenvalue weighted by Crippen LogP contribution is 2.61. The van der Waals surface area contributed by atoms with Crippen molar-refractivity contribution in [2.24, 2.45) is 5.92 Å². The van der Waals surface area contributed by atoms with Crippen molar-refractivity contribution in [3.05, 3.63) is 29.8 Å². The summed E-state index contributed by atoms with van der Waals surface area (Å²) in [7, 11) is 1.55. The number of carbonyl (C=O) groups is 2. The van der Waals surface area contributed by atoms with E-state index in [1.165, 1.54) is 4.90 Å². The highest BCUT2D eigenvalue weighted by atomic mass is 16.5. The van der Waals surface area contributed by atoms with Crippen molar-refractivity contribution in [3.63, 3.8) is 0 Å². The van der Waals surface area contributed by atoms with Crippen molar-refractivity contribution in [3.8, 4) is 5.75 Å². The van der Waals surface area contributed by atoms with Gasteiger partial charge in [-0.1, -0.05) is 18.2 Å². The SMILES string of the molecule is CN(CC(=O)O)C(=O)C1CC12CCOc1ccccc12. The Morgan fingerprint density at radius 2 is 2.20 bits per heavy atom. The molecule has 2 aliphatic rings. The molecule has 1 N–H and O–H groups in total. The Labute approximate surface area is 117 Å². The molecule has 1 heterocycles. The van der Waals surface area contributed by atoms with Gasteiger partial charge in [0.25, 0.3) is 0 Å². The Morgan fingerprint density at radius 3 is 2.95 bits per heavy atom. The summed E-state index contributed by atoms with van der Waals surface area (Å²) in [6, 6.07) is 7.82. The number of carboxylic acids is 1. The molecule has 0 bridgehead atoms. The molecule has 1 aliphatic heterocycles. The smallest absolute Gasteiger partial charge is 0.323 e. The second-order valence-electron chi connectivity index (χ2n) is 5.60. The lowest BCUT2D eigenvalue weighted by molar-refractivity contribution is -0.144. The van der Waals surface area contributed by atoms with Crippen LogP contribution in [-0.4, -0.2) is 42.1 Å². The van der Waals surface area contributed by atoms with Crippen molar-refractivity contribution < 1.29 is 19.4 Å². The van der Waals surface area contributed by atoms with Gasteiger partial charge in [0.1, 0.15) is 12.3 Å². The van der Waals surface area contributed by atoms with Crippen LogP contribution in [0.2, 0.25) is 0 Å². The van der Waals surface area contributed by atoms with Crippen LogP contribution >= 0.6 is 0 Å². The fraction of sp³-hybridized carbons (Fsp3) is 0.467. The summed E-state index contributed by atoms with van der Waals surface area (Å²) in [5.74, 6) is -0.320. The standard InChI is InChI=1S/C15H17NO4/c1-16(9-13(17)18)14(19)11-8-15(11)6-7-20-12-5-3-2-4-10(12)15/h2-5,11H,6-9H2,1H3,(H,17,18). The lowest BCUT2D eigenvalue weighted by Crippen LogP contribution is -2.35. The number of carboxylic acid groups (broad SMARTS) is 1. The molecular formula is C15H17NO4. The van der Waals surface area contributed by atoms with Crippen LogP contribution in [0.15, 0.2) is 24.3 Å². The number of likely N-dealkylation sites (N-methyl/N-ethyl adjacent to an activating group) is 1. The summed E-state index contributed by atoms with van der Waals surface area (Å²) in [6.45, 7) is 0.368. The zero-order chi connectivity index (χ0) is 14.3. The van der Waals surface area contributed by atoms with E-state index in [0.29, 0.717) is 6.61 Å². The van der Waals surface area contributed by atoms with Crippen LogP contribution in [0.5, 0.6) is 5.75 Å². The molecule has 1 aromatic carbocycles. The first kappa shape index (κ1) is 13.0. The fourth-order valence-corrected chi connectivity index (χ4v) is 3.23. The normalized spacial score (nSPS) is 26.6. The van der Waals surface area contributed by atoms with Crippen LogP contribution in [0.3, 0.4) is 0 Å². The summed E-state index contributed by atoms with van der Waals surface area (Å²) in [5.41, 5.74) is 0.951. The number of amides is 1. The summed E-state index contributed by atoms with van der Waals surface area (Å²) >= 11 is 0. The highest BCUT2D eigenvalue weighted by molar-refractivity contribution is 5.87. The lowest BCUT2D eigenvalue weighted by Gasteiger charge is -2.27. The van der Waals surface area contributed by atoms with Gasteiger partial charge in [0.15, 0.2) is 0 Å². The molecule has 2 atom stereocenters. The number of hydrogen-bond acceptors (Lipinski definition) is 3. The quantitative estimate of drug-likeness (QED) is 0.902. The van der Waals surface area contributed by atoms with Crippen molar-refractivity contribution >= 4 is 11.9 Å². The number of rotatable bonds is 3. The van der Waals surface area contributed by atoms with Crippen molar-refractivity contribution in [1.29, 1.82) is 0 Å². The van der Waals surface area contributed by atoms with E-state index in [1.807, 2.05) is 24.3 Å². The first-order chi connectivity index (χ1) is 9.54. The minimum atomic E-state index is -0.983. The number of ether oxygens (including phenoxy) is 1. The summed E-state index contributed by atoms with van der Waals surface area (Å²) < 4.78 is 5.63. The predicted molar refractivity (Wildman–Crippen MR) is 71.6 cm³/mol. The van der Waals surface area contributed by atoms with Gasteiger partial charge in [0, 0.05) is 23.9 Å². The first-order valence-corrected chi connectivity index (χ1v) is 6.74. The highest BCUT2D eigenvalue weighted by Gasteiger charge is 2.61. The molecule has 2 unspecified atom stereocenters. The van der Waals surface area contributed by atoms with Crippen LogP contribution in [0.1, 0.15) is 18.4 Å². The molecule has 1 aliphatic carbocycles. The number of para-hydroxylation sites is 1. The predicted octanol–water partition coefficient (Wildman–Crippen LogP) is 1.27. The van der Waals surface area contributed by atoms with E-state index in [2.05, 4.69) is 0 Å². The van der Waals surface area contributed by atoms with Crippen LogP contribution in [0.25, 0.3) is 0 Å². The number of carbonyl (C=O) groups excluding carboxylic acids is 1. The van der Waals surface area contributed by atoms with Crippen LogP contribution in [-0.2, 0) is 15.0 Å². The van der Waals surface area contributed by atoms with Crippen LogP contribution < -0.4 is 4.74 Å². The van der Waals surface area contributed by atoms with Gasteiger partial charge in [-0.05, 0) is 18.9 Å². The van der Waals surface area contributed by atoms with E-state index in [1.54, 1.807) is 7.05 Å². The molecule has 1 aromatic rings. The Kier molecular flexibility index (Phi) is 2.92. The van der Waals surface area contributed by atoms with E-state index in [9.17, 15) is 9.59 Å². The van der Waals surface area contributed by atoms with Crippen molar-refractivity contribution in [2.75, 3.05) is 20.2 Å². The Morgan fingerprint density at radius 1 is 1.45 bits per heavy atom. The van der Waals surface area contributed by atoms with Gasteiger partial charge in [-0.25, -0.2) is 0 Å². The monoisotopic (exact) mass is 275 g/mol. The number of nitrogens with zero attached hydrogens (tertiary/aromatic N) is 1. The molecule has 5 heteroatoms. The van der Waals surface area contributed by atoms with E-state index in [-0.39, 0.29) is 23.8 Å². The molecule has 0 aromatic heterocycles. The largest absolute Gasteiger partial charge is 0.493 e. The molecule has 0 saturated heterocycles. The van der Waals surface area contributed by atoms with Gasteiger partial charge in [0.2, 0.25) is 5.91 Å². The van der Waals surface area contributed by atoms with Gasteiger partial charge >= 0.3 is 5.97 Å². The number of aliphatic carboxylic acids is 1. The molecular weight excluding hydrogens is 258 g/mol. The Hall–Kier alpha value is -2.04. The molecule has 1 fully saturated rings. The third-order valence-electron chi connectivity index (χ3n) is 4.35. The zero-order valence-electron chi connectivity index (χ0n) is 11.3. The average Bonchev–Trinajstić information content (AvgIpc) is 3.13. The topological polar surface area (TPSA) is 66.8 Å². The van der Waals surface area contributed by atoms with E-state index >= 15 is 0 Å². The number of benzene rings is 1.